The van der Waals surface area contributed by atoms with Crippen molar-refractivity contribution in [3.8, 4) is 11.5 Å². The fraction of sp³-hybridized carbons (Fsp3) is 0.214. The number of amides is 2. The fourth-order valence-electron chi connectivity index (χ4n) is 4.67. The van der Waals surface area contributed by atoms with Gasteiger partial charge in [-0.15, -0.1) is 0 Å². The molecule has 0 spiro atoms. The van der Waals surface area contributed by atoms with E-state index in [1.54, 1.807) is 30.3 Å². The Morgan fingerprint density at radius 3 is 2.41 bits per heavy atom. The second-order valence-corrected chi connectivity index (χ2v) is 9.63. The van der Waals surface area contributed by atoms with Crippen molar-refractivity contribution < 1.29 is 23.5 Å². The van der Waals surface area contributed by atoms with Crippen LogP contribution in [0.3, 0.4) is 0 Å². The van der Waals surface area contributed by atoms with Gasteiger partial charge in [0.2, 0.25) is 11.8 Å². The number of nitrogens with one attached hydrogen (secondary N) is 1. The maximum absolute atomic E-state index is 14.0. The number of aryl methyl sites for hydroxylation is 1. The number of hydrogen-bond acceptors (Lipinski definition) is 5. The average molecular weight is 520 g/mol. The van der Waals surface area contributed by atoms with E-state index in [1.807, 2.05) is 35.9 Å². The summed E-state index contributed by atoms with van der Waals surface area (Å²) in [6.45, 7) is 0.187. The van der Waals surface area contributed by atoms with Gasteiger partial charge in [0.05, 0.1) is 30.7 Å². The predicted molar refractivity (Wildman–Crippen MR) is 142 cm³/mol. The maximum Gasteiger partial charge on any atom is 0.248 e. The monoisotopic (exact) mass is 519 g/mol. The first-order valence-electron chi connectivity index (χ1n) is 11.7. The zero-order valence-electron chi connectivity index (χ0n) is 20.7. The van der Waals surface area contributed by atoms with Gasteiger partial charge in [0, 0.05) is 48.3 Å². The number of carbonyl (C=O) groups is 2. The van der Waals surface area contributed by atoms with Crippen LogP contribution >= 0.6 is 11.8 Å². The molecule has 1 atom stereocenters. The molecule has 3 aromatic carbocycles. The van der Waals surface area contributed by atoms with E-state index in [4.69, 9.17) is 9.47 Å². The molecule has 2 heterocycles. The summed E-state index contributed by atoms with van der Waals surface area (Å²) in [6.07, 6.45) is 0. The molecule has 190 valence electrons. The maximum atomic E-state index is 14.0. The Kier molecular flexibility index (Phi) is 6.80. The van der Waals surface area contributed by atoms with Crippen molar-refractivity contribution in [2.75, 3.05) is 24.9 Å². The third-order valence-electron chi connectivity index (χ3n) is 6.47. The highest BCUT2D eigenvalue weighted by atomic mass is 32.2. The van der Waals surface area contributed by atoms with E-state index in [-0.39, 0.29) is 29.9 Å². The van der Waals surface area contributed by atoms with Gasteiger partial charge in [0.25, 0.3) is 0 Å². The van der Waals surface area contributed by atoms with Crippen LogP contribution in [0.4, 0.5) is 10.1 Å². The largest absolute Gasteiger partial charge is 0.497 e. The van der Waals surface area contributed by atoms with Crippen molar-refractivity contribution in [1.82, 2.24) is 9.88 Å². The third kappa shape index (κ3) is 4.62. The number of thioether (sulfide) groups is 1. The number of carbonyl (C=O) groups excluding carboxylic acids is 2. The van der Waals surface area contributed by atoms with Gasteiger partial charge in [0.1, 0.15) is 23.4 Å². The van der Waals surface area contributed by atoms with Crippen LogP contribution in [0.15, 0.2) is 71.8 Å². The Hall–Kier alpha value is -3.98. The highest BCUT2D eigenvalue weighted by Gasteiger charge is 2.40. The minimum absolute atomic E-state index is 0.151. The summed E-state index contributed by atoms with van der Waals surface area (Å²) in [4.78, 5) is 29.2. The van der Waals surface area contributed by atoms with E-state index in [0.717, 1.165) is 27.1 Å². The number of nitrogens with zero attached hydrogens (tertiary/aromatic N) is 2. The van der Waals surface area contributed by atoms with E-state index in [0.29, 0.717) is 17.2 Å². The van der Waals surface area contributed by atoms with Crippen molar-refractivity contribution in [3.63, 3.8) is 0 Å². The van der Waals surface area contributed by atoms with Gasteiger partial charge in [0.15, 0.2) is 0 Å². The Morgan fingerprint density at radius 2 is 1.73 bits per heavy atom. The molecule has 0 bridgehead atoms. The van der Waals surface area contributed by atoms with Gasteiger partial charge in [-0.05, 0) is 23.8 Å². The zero-order valence-corrected chi connectivity index (χ0v) is 21.5. The fourth-order valence-corrected chi connectivity index (χ4v) is 5.74. The summed E-state index contributed by atoms with van der Waals surface area (Å²) in [7, 11) is 5.01. The molecular formula is C28H26FN3O4S. The van der Waals surface area contributed by atoms with Crippen molar-refractivity contribution in [1.29, 1.82) is 0 Å². The van der Waals surface area contributed by atoms with E-state index in [2.05, 4.69) is 5.32 Å². The number of anilines is 1. The summed E-state index contributed by atoms with van der Waals surface area (Å²) in [5, 5.41) is 4.72. The molecule has 1 aliphatic rings. The highest BCUT2D eigenvalue weighted by Crippen LogP contribution is 2.44. The lowest BCUT2D eigenvalue weighted by Crippen LogP contribution is -2.43. The molecule has 4 aromatic rings. The molecule has 1 aromatic heterocycles. The summed E-state index contributed by atoms with van der Waals surface area (Å²) in [5.41, 5.74) is 2.96. The topological polar surface area (TPSA) is 72.8 Å². The summed E-state index contributed by atoms with van der Waals surface area (Å²) >= 11 is 1.41. The zero-order chi connectivity index (χ0) is 26.1. The van der Waals surface area contributed by atoms with Crippen LogP contribution in [-0.4, -0.2) is 36.4 Å². The molecule has 0 aliphatic carbocycles. The number of benzene rings is 3. The number of halogens is 1. The van der Waals surface area contributed by atoms with Gasteiger partial charge in [-0.3, -0.25) is 14.5 Å². The second kappa shape index (κ2) is 10.2. The van der Waals surface area contributed by atoms with Crippen LogP contribution in [0, 0.1) is 5.82 Å². The van der Waals surface area contributed by atoms with Crippen LogP contribution in [0.1, 0.15) is 17.2 Å². The first kappa shape index (κ1) is 24.7. The number of rotatable bonds is 6. The van der Waals surface area contributed by atoms with Crippen molar-refractivity contribution >= 4 is 40.2 Å². The van der Waals surface area contributed by atoms with Crippen LogP contribution in [0.2, 0.25) is 0 Å². The molecule has 0 unspecified atom stereocenters. The first-order chi connectivity index (χ1) is 17.9. The Labute approximate surface area is 218 Å². The smallest absolute Gasteiger partial charge is 0.248 e. The highest BCUT2D eigenvalue weighted by molar-refractivity contribution is 8.00. The number of hydrogen-bond donors (Lipinski definition) is 1. The number of ether oxygens (including phenoxy) is 2. The summed E-state index contributed by atoms with van der Waals surface area (Å²) < 4.78 is 26.3. The minimum Gasteiger partial charge on any atom is -0.497 e. The van der Waals surface area contributed by atoms with Crippen molar-refractivity contribution in [2.24, 2.45) is 7.05 Å². The predicted octanol–water partition coefficient (Wildman–Crippen LogP) is 4.83. The molecule has 0 saturated heterocycles. The van der Waals surface area contributed by atoms with E-state index >= 15 is 0 Å². The van der Waals surface area contributed by atoms with Crippen LogP contribution in [0.5, 0.6) is 11.5 Å². The molecule has 1 N–H and O–H groups in total. The SMILES string of the molecule is COc1cc(OC)cc(N2C(=O)CSc3c(c4ccccc4n3C)[C@@H]2C(=O)NCc2ccc(F)cc2)c1. The molecule has 2 amide bonds. The number of aromatic nitrogens is 1. The van der Waals surface area contributed by atoms with Gasteiger partial charge in [-0.2, -0.15) is 0 Å². The first-order valence-corrected chi connectivity index (χ1v) is 12.7. The van der Waals surface area contributed by atoms with E-state index in [9.17, 15) is 14.0 Å². The average Bonchev–Trinajstić information content (AvgIpc) is 3.09. The van der Waals surface area contributed by atoms with Gasteiger partial charge < -0.3 is 19.4 Å². The number of para-hydroxylation sites is 1. The van der Waals surface area contributed by atoms with Crippen molar-refractivity contribution in [3.05, 3.63) is 83.7 Å². The quantitative estimate of drug-likeness (QED) is 0.395. The van der Waals surface area contributed by atoms with Crippen LogP contribution in [-0.2, 0) is 23.2 Å². The number of methoxy groups -OCH3 is 2. The normalized spacial score (nSPS) is 15.3. The van der Waals surface area contributed by atoms with E-state index in [1.165, 1.54) is 43.0 Å². The molecule has 0 saturated carbocycles. The van der Waals surface area contributed by atoms with Crippen LogP contribution < -0.4 is 19.7 Å². The standard InChI is InChI=1S/C28H26FN3O4S/c1-31-23-7-5-4-6-22(23)25-26(27(34)30-15-17-8-10-18(29)11-9-17)32(24(33)16-37-28(25)31)19-12-20(35-2)14-21(13-19)36-3/h4-14,26H,15-16H2,1-3H3,(H,30,34)/t26-/m1/s1. The molecular weight excluding hydrogens is 493 g/mol. The third-order valence-corrected chi connectivity index (χ3v) is 7.62. The summed E-state index contributed by atoms with van der Waals surface area (Å²) in [5.74, 6) is 0.241. The lowest BCUT2D eigenvalue weighted by molar-refractivity contribution is -0.125. The molecule has 0 radical (unpaired) electrons. The number of fused-ring (bicyclic) bond motifs is 3. The molecule has 7 nitrogen and oxygen atoms in total. The summed E-state index contributed by atoms with van der Waals surface area (Å²) in [6, 6.07) is 18.0. The van der Waals surface area contributed by atoms with Gasteiger partial charge in [-0.25, -0.2) is 4.39 Å². The Morgan fingerprint density at radius 1 is 1.05 bits per heavy atom. The lowest BCUT2D eigenvalue weighted by Gasteiger charge is -2.30. The molecule has 5 rings (SSSR count). The van der Waals surface area contributed by atoms with Gasteiger partial charge >= 0.3 is 0 Å². The lowest BCUT2D eigenvalue weighted by atomic mass is 10.0. The van der Waals surface area contributed by atoms with Gasteiger partial charge in [-0.1, -0.05) is 42.1 Å². The Bertz CT molecular complexity index is 1460. The molecule has 1 aliphatic heterocycles. The molecule has 9 heteroatoms. The molecule has 37 heavy (non-hydrogen) atoms. The molecule has 0 fully saturated rings. The Balaban J connectivity index is 1.66. The van der Waals surface area contributed by atoms with Crippen LogP contribution in [0.25, 0.3) is 10.9 Å². The van der Waals surface area contributed by atoms with Crippen molar-refractivity contribution in [2.45, 2.75) is 17.6 Å². The second-order valence-electron chi connectivity index (χ2n) is 8.67. The van der Waals surface area contributed by atoms with E-state index < -0.39 is 6.04 Å². The minimum atomic E-state index is -0.958.